The van der Waals surface area contributed by atoms with Gasteiger partial charge in [0.25, 0.3) is 0 Å². The molecule has 12 heavy (non-hydrogen) atoms. The first-order valence-electron chi connectivity index (χ1n) is 3.70. The fourth-order valence-corrected chi connectivity index (χ4v) is 1.00. The topological polar surface area (TPSA) is 29.9 Å². The average Bonchev–Trinajstić information content (AvgIpc) is 2.35. The standard InChI is InChI=1S/C8H12ClN3/c1-7(9)3-10-4-8-5-11-12(2)6-8/h5-6,10H,1,3-4H2,2H3. The van der Waals surface area contributed by atoms with Gasteiger partial charge in [0.15, 0.2) is 0 Å². The van der Waals surface area contributed by atoms with E-state index in [1.54, 1.807) is 4.68 Å². The summed E-state index contributed by atoms with van der Waals surface area (Å²) in [4.78, 5) is 0. The number of halogens is 1. The molecule has 0 atom stereocenters. The molecule has 66 valence electrons. The van der Waals surface area contributed by atoms with Gasteiger partial charge in [-0.15, -0.1) is 0 Å². The maximum Gasteiger partial charge on any atom is 0.0534 e. The van der Waals surface area contributed by atoms with Crippen molar-refractivity contribution >= 4 is 11.6 Å². The Labute approximate surface area is 77.0 Å². The van der Waals surface area contributed by atoms with E-state index in [4.69, 9.17) is 11.6 Å². The molecule has 1 N–H and O–H groups in total. The van der Waals surface area contributed by atoms with Crippen molar-refractivity contribution in [2.45, 2.75) is 6.54 Å². The summed E-state index contributed by atoms with van der Waals surface area (Å²) in [5.74, 6) is 0. The third-order valence-corrected chi connectivity index (χ3v) is 1.54. The molecule has 1 aromatic rings. The van der Waals surface area contributed by atoms with Gasteiger partial charge in [0.1, 0.15) is 0 Å². The third-order valence-electron chi connectivity index (χ3n) is 1.40. The Hall–Kier alpha value is -0.800. The molecule has 0 amide bonds. The van der Waals surface area contributed by atoms with Crippen LogP contribution >= 0.6 is 11.6 Å². The Bertz CT molecular complexity index is 267. The van der Waals surface area contributed by atoms with Gasteiger partial charge in [0.05, 0.1) is 6.20 Å². The van der Waals surface area contributed by atoms with Crippen LogP contribution in [0.4, 0.5) is 0 Å². The number of nitrogens with one attached hydrogen (secondary N) is 1. The summed E-state index contributed by atoms with van der Waals surface area (Å²) < 4.78 is 1.77. The number of hydrogen-bond donors (Lipinski definition) is 1. The van der Waals surface area contributed by atoms with E-state index in [0.717, 1.165) is 12.1 Å². The summed E-state index contributed by atoms with van der Waals surface area (Å²) in [6, 6.07) is 0. The highest BCUT2D eigenvalue weighted by Crippen LogP contribution is 1.97. The molecule has 0 spiro atoms. The second-order valence-electron chi connectivity index (χ2n) is 2.64. The lowest BCUT2D eigenvalue weighted by Gasteiger charge is -1.99. The van der Waals surface area contributed by atoms with E-state index in [-0.39, 0.29) is 0 Å². The van der Waals surface area contributed by atoms with Gasteiger partial charge in [-0.1, -0.05) is 18.2 Å². The lowest BCUT2D eigenvalue weighted by molar-refractivity contribution is 0.747. The molecule has 0 fully saturated rings. The summed E-state index contributed by atoms with van der Waals surface area (Å²) in [5.41, 5.74) is 1.15. The van der Waals surface area contributed by atoms with Gasteiger partial charge in [0.2, 0.25) is 0 Å². The summed E-state index contributed by atoms with van der Waals surface area (Å²) in [6.45, 7) is 4.99. The Balaban J connectivity index is 2.29. The summed E-state index contributed by atoms with van der Waals surface area (Å²) in [6.07, 6.45) is 3.79. The molecule has 1 aromatic heterocycles. The minimum atomic E-state index is 0.624. The molecule has 0 saturated carbocycles. The monoisotopic (exact) mass is 185 g/mol. The molecule has 3 nitrogen and oxygen atoms in total. The number of nitrogens with zero attached hydrogens (tertiary/aromatic N) is 2. The van der Waals surface area contributed by atoms with E-state index in [9.17, 15) is 0 Å². The highest BCUT2D eigenvalue weighted by molar-refractivity contribution is 6.29. The number of aromatic nitrogens is 2. The Morgan fingerprint density at radius 1 is 1.83 bits per heavy atom. The second-order valence-corrected chi connectivity index (χ2v) is 3.18. The van der Waals surface area contributed by atoms with E-state index in [0.29, 0.717) is 11.6 Å². The normalized spacial score (nSPS) is 10.2. The lowest BCUT2D eigenvalue weighted by Crippen LogP contribution is -2.13. The number of rotatable bonds is 4. The van der Waals surface area contributed by atoms with Crippen molar-refractivity contribution in [1.29, 1.82) is 0 Å². The summed E-state index contributed by atoms with van der Waals surface area (Å²) in [5, 5.41) is 7.79. The maximum atomic E-state index is 5.57. The van der Waals surface area contributed by atoms with Crippen molar-refractivity contribution in [3.05, 3.63) is 29.6 Å². The molecule has 0 aromatic carbocycles. The van der Waals surface area contributed by atoms with Crippen LogP contribution < -0.4 is 5.32 Å². The van der Waals surface area contributed by atoms with E-state index in [1.807, 2.05) is 19.4 Å². The van der Waals surface area contributed by atoms with Gasteiger partial charge < -0.3 is 5.32 Å². The first-order valence-corrected chi connectivity index (χ1v) is 4.08. The molecular formula is C8H12ClN3. The van der Waals surface area contributed by atoms with Crippen LogP contribution in [0.2, 0.25) is 0 Å². The Morgan fingerprint density at radius 3 is 3.08 bits per heavy atom. The minimum absolute atomic E-state index is 0.624. The minimum Gasteiger partial charge on any atom is -0.308 e. The van der Waals surface area contributed by atoms with Gasteiger partial charge >= 0.3 is 0 Å². The Morgan fingerprint density at radius 2 is 2.58 bits per heavy atom. The van der Waals surface area contributed by atoms with Crippen molar-refractivity contribution in [2.24, 2.45) is 7.05 Å². The van der Waals surface area contributed by atoms with Gasteiger partial charge in [0, 0.05) is 36.9 Å². The highest BCUT2D eigenvalue weighted by Gasteiger charge is 1.94. The zero-order chi connectivity index (χ0) is 8.97. The summed E-state index contributed by atoms with van der Waals surface area (Å²) >= 11 is 5.57. The van der Waals surface area contributed by atoms with Crippen LogP contribution in [0.5, 0.6) is 0 Å². The molecule has 1 rings (SSSR count). The fourth-order valence-electron chi connectivity index (χ4n) is 0.906. The quantitative estimate of drug-likeness (QED) is 0.766. The first-order chi connectivity index (χ1) is 5.68. The highest BCUT2D eigenvalue weighted by atomic mass is 35.5. The largest absolute Gasteiger partial charge is 0.308 e. The molecule has 0 aliphatic heterocycles. The van der Waals surface area contributed by atoms with Gasteiger partial charge in [-0.2, -0.15) is 5.10 Å². The molecule has 0 aliphatic rings. The van der Waals surface area contributed by atoms with Gasteiger partial charge in [-0.3, -0.25) is 4.68 Å². The van der Waals surface area contributed by atoms with Crippen molar-refractivity contribution < 1.29 is 0 Å². The van der Waals surface area contributed by atoms with E-state index in [2.05, 4.69) is 17.0 Å². The zero-order valence-corrected chi connectivity index (χ0v) is 7.80. The van der Waals surface area contributed by atoms with Crippen LogP contribution in [0.3, 0.4) is 0 Å². The molecule has 1 heterocycles. The first kappa shape index (κ1) is 9.29. The molecule has 0 radical (unpaired) electrons. The number of hydrogen-bond acceptors (Lipinski definition) is 2. The molecular weight excluding hydrogens is 174 g/mol. The molecule has 0 saturated heterocycles. The number of aryl methyl sites for hydroxylation is 1. The Kier molecular flexibility index (Phi) is 3.31. The average molecular weight is 186 g/mol. The predicted molar refractivity (Wildman–Crippen MR) is 49.9 cm³/mol. The van der Waals surface area contributed by atoms with Crippen molar-refractivity contribution in [2.75, 3.05) is 6.54 Å². The van der Waals surface area contributed by atoms with Gasteiger partial charge in [-0.25, -0.2) is 0 Å². The van der Waals surface area contributed by atoms with Crippen LogP contribution in [0.1, 0.15) is 5.56 Å². The predicted octanol–water partition coefficient (Wildman–Crippen LogP) is 1.26. The zero-order valence-electron chi connectivity index (χ0n) is 7.05. The van der Waals surface area contributed by atoms with Crippen molar-refractivity contribution in [3.8, 4) is 0 Å². The van der Waals surface area contributed by atoms with E-state index < -0.39 is 0 Å². The van der Waals surface area contributed by atoms with E-state index >= 15 is 0 Å². The SMILES string of the molecule is C=C(Cl)CNCc1cnn(C)c1. The maximum absolute atomic E-state index is 5.57. The van der Waals surface area contributed by atoms with E-state index in [1.165, 1.54) is 0 Å². The lowest BCUT2D eigenvalue weighted by atomic mass is 10.3. The molecule has 0 aliphatic carbocycles. The van der Waals surface area contributed by atoms with Crippen molar-refractivity contribution in [1.82, 2.24) is 15.1 Å². The second kappa shape index (κ2) is 4.28. The molecule has 0 bridgehead atoms. The van der Waals surface area contributed by atoms with Crippen molar-refractivity contribution in [3.63, 3.8) is 0 Å². The molecule has 4 heteroatoms. The third kappa shape index (κ3) is 3.07. The van der Waals surface area contributed by atoms with Gasteiger partial charge in [-0.05, 0) is 0 Å². The van der Waals surface area contributed by atoms with Crippen LogP contribution in [0.15, 0.2) is 24.0 Å². The van der Waals surface area contributed by atoms with Crippen LogP contribution in [-0.2, 0) is 13.6 Å². The van der Waals surface area contributed by atoms with Crippen LogP contribution in [-0.4, -0.2) is 16.3 Å². The smallest absolute Gasteiger partial charge is 0.0534 e. The van der Waals surface area contributed by atoms with Crippen LogP contribution in [0, 0.1) is 0 Å². The fraction of sp³-hybridized carbons (Fsp3) is 0.375. The molecule has 0 unspecified atom stereocenters. The van der Waals surface area contributed by atoms with Crippen LogP contribution in [0.25, 0.3) is 0 Å². The summed E-state index contributed by atoms with van der Waals surface area (Å²) in [7, 11) is 1.89.